The van der Waals surface area contributed by atoms with Crippen molar-refractivity contribution in [3.63, 3.8) is 0 Å². The number of esters is 1. The summed E-state index contributed by atoms with van der Waals surface area (Å²) in [5, 5.41) is 14.0. The van der Waals surface area contributed by atoms with E-state index >= 15 is 0 Å². The molecule has 8 heteroatoms. The molecule has 0 unspecified atom stereocenters. The minimum Gasteiger partial charge on any atom is -0.476 e. The summed E-state index contributed by atoms with van der Waals surface area (Å²) in [6.45, 7) is 2.07. The van der Waals surface area contributed by atoms with Gasteiger partial charge in [-0.05, 0) is 19.1 Å². The molecule has 0 aliphatic rings. The third-order valence-electron chi connectivity index (χ3n) is 2.68. The molecule has 2 aromatic rings. The fraction of sp³-hybridized carbons (Fsp3) is 0.231. The van der Waals surface area contributed by atoms with Crippen LogP contribution in [0.15, 0.2) is 17.5 Å². The van der Waals surface area contributed by atoms with Crippen molar-refractivity contribution in [3.05, 3.63) is 39.5 Å². The number of methoxy groups -OCH3 is 1. The molecule has 110 valence electrons. The number of anilines is 1. The van der Waals surface area contributed by atoms with Crippen molar-refractivity contribution >= 4 is 29.1 Å². The van der Waals surface area contributed by atoms with Gasteiger partial charge in [0.1, 0.15) is 10.8 Å². The van der Waals surface area contributed by atoms with E-state index in [9.17, 15) is 9.59 Å². The van der Waals surface area contributed by atoms with Crippen molar-refractivity contribution in [2.24, 2.45) is 0 Å². The van der Waals surface area contributed by atoms with E-state index in [1.54, 1.807) is 19.1 Å². The lowest BCUT2D eigenvalue weighted by atomic mass is 10.2. The van der Waals surface area contributed by atoms with E-state index in [4.69, 9.17) is 5.11 Å². The molecule has 0 radical (unpaired) electrons. The molecule has 0 fully saturated rings. The Hall–Kier alpha value is -2.48. The summed E-state index contributed by atoms with van der Waals surface area (Å²) in [6.07, 6.45) is 0. The first kappa shape index (κ1) is 14.9. The Morgan fingerprint density at radius 2 is 2.14 bits per heavy atom. The van der Waals surface area contributed by atoms with Gasteiger partial charge >= 0.3 is 11.9 Å². The van der Waals surface area contributed by atoms with Gasteiger partial charge < -0.3 is 15.2 Å². The number of aromatic carboxylic acids is 1. The van der Waals surface area contributed by atoms with E-state index in [2.05, 4.69) is 20.0 Å². The van der Waals surface area contributed by atoms with E-state index < -0.39 is 11.9 Å². The van der Waals surface area contributed by atoms with Gasteiger partial charge in [0, 0.05) is 5.38 Å². The number of aromatic nitrogens is 2. The monoisotopic (exact) mass is 307 g/mol. The minimum absolute atomic E-state index is 0.0296. The van der Waals surface area contributed by atoms with Crippen LogP contribution in [-0.4, -0.2) is 34.1 Å². The van der Waals surface area contributed by atoms with Gasteiger partial charge in [0.2, 0.25) is 0 Å². The zero-order chi connectivity index (χ0) is 15.4. The molecule has 0 amide bonds. The van der Waals surface area contributed by atoms with Crippen LogP contribution in [0, 0.1) is 6.92 Å². The Labute approximate surface area is 124 Å². The maximum absolute atomic E-state index is 11.4. The molecule has 0 atom stereocenters. The summed E-state index contributed by atoms with van der Waals surface area (Å²) >= 11 is 1.26. The maximum Gasteiger partial charge on any atom is 0.355 e. The molecule has 2 heterocycles. The first-order valence-corrected chi connectivity index (χ1v) is 6.86. The molecule has 2 aromatic heterocycles. The predicted molar refractivity (Wildman–Crippen MR) is 76.7 cm³/mol. The Morgan fingerprint density at radius 1 is 1.38 bits per heavy atom. The topological polar surface area (TPSA) is 101 Å². The second-order valence-corrected chi connectivity index (χ2v) is 5.05. The summed E-state index contributed by atoms with van der Waals surface area (Å²) in [5.41, 5.74) is 0.990. The van der Waals surface area contributed by atoms with Gasteiger partial charge in [-0.25, -0.2) is 19.6 Å². The van der Waals surface area contributed by atoms with Gasteiger partial charge in [-0.2, -0.15) is 0 Å². The SMILES string of the molecule is COC(=O)c1ccc(NCc2nc(C(=O)O)cs2)nc1C. The molecular weight excluding hydrogens is 294 g/mol. The van der Waals surface area contributed by atoms with E-state index in [-0.39, 0.29) is 5.69 Å². The summed E-state index contributed by atoms with van der Waals surface area (Å²) < 4.78 is 4.65. The van der Waals surface area contributed by atoms with Gasteiger partial charge in [0.15, 0.2) is 5.69 Å². The highest BCUT2D eigenvalue weighted by molar-refractivity contribution is 7.09. The van der Waals surface area contributed by atoms with Crippen LogP contribution in [0.4, 0.5) is 5.82 Å². The van der Waals surface area contributed by atoms with Crippen LogP contribution < -0.4 is 5.32 Å². The zero-order valence-corrected chi connectivity index (χ0v) is 12.2. The normalized spacial score (nSPS) is 10.2. The average Bonchev–Trinajstić information content (AvgIpc) is 2.93. The highest BCUT2D eigenvalue weighted by Crippen LogP contribution is 2.14. The minimum atomic E-state index is -1.05. The quantitative estimate of drug-likeness (QED) is 0.814. The lowest BCUT2D eigenvalue weighted by molar-refractivity contribution is 0.0598. The third kappa shape index (κ3) is 3.54. The summed E-state index contributed by atoms with van der Waals surface area (Å²) in [5.74, 6) is -0.904. The third-order valence-corrected chi connectivity index (χ3v) is 3.53. The van der Waals surface area contributed by atoms with Crippen molar-refractivity contribution in [1.82, 2.24) is 9.97 Å². The molecule has 0 spiro atoms. The van der Waals surface area contributed by atoms with Crippen LogP contribution in [0.2, 0.25) is 0 Å². The molecule has 0 saturated heterocycles. The molecule has 0 bridgehead atoms. The van der Waals surface area contributed by atoms with Crippen molar-refractivity contribution in [1.29, 1.82) is 0 Å². The van der Waals surface area contributed by atoms with Crippen molar-refractivity contribution in [3.8, 4) is 0 Å². The Bertz CT molecular complexity index is 684. The number of carboxylic acid groups (broad SMARTS) is 1. The Morgan fingerprint density at radius 3 is 2.71 bits per heavy atom. The first-order valence-electron chi connectivity index (χ1n) is 5.98. The second kappa shape index (κ2) is 6.31. The van der Waals surface area contributed by atoms with Crippen LogP contribution in [0.25, 0.3) is 0 Å². The number of carbonyl (C=O) groups is 2. The number of pyridine rings is 1. The number of nitrogens with one attached hydrogen (secondary N) is 1. The zero-order valence-electron chi connectivity index (χ0n) is 11.4. The number of rotatable bonds is 5. The van der Waals surface area contributed by atoms with Crippen molar-refractivity contribution in [2.75, 3.05) is 12.4 Å². The predicted octanol–water partition coefficient (Wildman–Crippen LogP) is 1.94. The first-order chi connectivity index (χ1) is 10.0. The summed E-state index contributed by atoms with van der Waals surface area (Å²) in [7, 11) is 1.32. The number of hydrogen-bond donors (Lipinski definition) is 2. The Kier molecular flexibility index (Phi) is 4.49. The average molecular weight is 307 g/mol. The van der Waals surface area contributed by atoms with Gasteiger partial charge in [0.25, 0.3) is 0 Å². The molecule has 21 heavy (non-hydrogen) atoms. The molecule has 7 nitrogen and oxygen atoms in total. The lowest BCUT2D eigenvalue weighted by Gasteiger charge is -2.07. The number of hydrogen-bond acceptors (Lipinski definition) is 7. The molecule has 0 aliphatic heterocycles. The summed E-state index contributed by atoms with van der Waals surface area (Å²) in [6, 6.07) is 3.28. The molecule has 2 N–H and O–H groups in total. The number of nitrogens with zero attached hydrogens (tertiary/aromatic N) is 2. The number of carbonyl (C=O) groups excluding carboxylic acids is 1. The maximum atomic E-state index is 11.4. The summed E-state index contributed by atoms with van der Waals surface area (Å²) in [4.78, 5) is 30.4. The van der Waals surface area contributed by atoms with E-state index in [0.29, 0.717) is 28.6 Å². The van der Waals surface area contributed by atoms with E-state index in [1.165, 1.54) is 23.8 Å². The largest absolute Gasteiger partial charge is 0.476 e. The van der Waals surface area contributed by atoms with E-state index in [0.717, 1.165) is 0 Å². The van der Waals surface area contributed by atoms with Gasteiger partial charge in [0.05, 0.1) is 24.9 Å². The highest BCUT2D eigenvalue weighted by atomic mass is 32.1. The van der Waals surface area contributed by atoms with Gasteiger partial charge in [-0.3, -0.25) is 0 Å². The van der Waals surface area contributed by atoms with Crippen LogP contribution in [0.3, 0.4) is 0 Å². The van der Waals surface area contributed by atoms with Gasteiger partial charge in [-0.15, -0.1) is 11.3 Å². The van der Waals surface area contributed by atoms with Crippen LogP contribution in [0.1, 0.15) is 31.5 Å². The standard InChI is InChI=1S/C13H13N3O4S/c1-7-8(13(19)20-2)3-4-10(15-7)14-5-11-16-9(6-21-11)12(17)18/h3-4,6H,5H2,1-2H3,(H,14,15)(H,17,18). The number of ether oxygens (including phenoxy) is 1. The van der Waals surface area contributed by atoms with Gasteiger partial charge in [-0.1, -0.05) is 0 Å². The lowest BCUT2D eigenvalue weighted by Crippen LogP contribution is -2.08. The molecule has 2 rings (SSSR count). The molecule has 0 aromatic carbocycles. The van der Waals surface area contributed by atoms with Crippen LogP contribution >= 0.6 is 11.3 Å². The number of carboxylic acids is 1. The van der Waals surface area contributed by atoms with Crippen molar-refractivity contribution < 1.29 is 19.4 Å². The Balaban J connectivity index is 2.04. The number of thiazole rings is 1. The fourth-order valence-electron chi connectivity index (χ4n) is 1.64. The second-order valence-electron chi connectivity index (χ2n) is 4.11. The van der Waals surface area contributed by atoms with E-state index in [1.807, 2.05) is 0 Å². The van der Waals surface area contributed by atoms with Crippen LogP contribution in [-0.2, 0) is 11.3 Å². The molecular formula is C13H13N3O4S. The van der Waals surface area contributed by atoms with Crippen molar-refractivity contribution in [2.45, 2.75) is 13.5 Å². The molecule has 0 aliphatic carbocycles. The highest BCUT2D eigenvalue weighted by Gasteiger charge is 2.11. The van der Waals surface area contributed by atoms with Crippen LogP contribution in [0.5, 0.6) is 0 Å². The smallest absolute Gasteiger partial charge is 0.355 e. The fourth-order valence-corrected chi connectivity index (χ4v) is 2.35. The molecule has 0 saturated carbocycles. The number of aryl methyl sites for hydroxylation is 1.